The van der Waals surface area contributed by atoms with E-state index in [0.29, 0.717) is 11.5 Å². The molecule has 1 aliphatic rings. The molecule has 5 heteroatoms. The lowest BCUT2D eigenvalue weighted by Gasteiger charge is -2.29. The van der Waals surface area contributed by atoms with Crippen LogP contribution in [-0.2, 0) is 9.53 Å². The molecule has 0 radical (unpaired) electrons. The van der Waals surface area contributed by atoms with Crippen LogP contribution in [0.4, 0.5) is 0 Å². The zero-order valence-electron chi connectivity index (χ0n) is 11.7. The van der Waals surface area contributed by atoms with Crippen LogP contribution in [0.1, 0.15) is 43.0 Å². The van der Waals surface area contributed by atoms with Crippen molar-refractivity contribution in [3.05, 3.63) is 30.1 Å². The number of carbonyl (C=O) groups is 2. The first-order valence-corrected chi connectivity index (χ1v) is 7.03. The molecule has 0 unspecified atom stereocenters. The first-order valence-electron chi connectivity index (χ1n) is 7.03. The molecule has 1 heterocycles. The molecule has 1 fully saturated rings. The molecule has 1 aromatic heterocycles. The van der Waals surface area contributed by atoms with E-state index in [1.54, 1.807) is 12.1 Å². The third kappa shape index (κ3) is 4.05. The van der Waals surface area contributed by atoms with Gasteiger partial charge >= 0.3 is 5.97 Å². The van der Waals surface area contributed by atoms with Crippen molar-refractivity contribution in [3.63, 3.8) is 0 Å². The average Bonchev–Trinajstić information content (AvgIpc) is 2.48. The summed E-state index contributed by atoms with van der Waals surface area (Å²) in [4.78, 5) is 27.3. The van der Waals surface area contributed by atoms with Crippen molar-refractivity contribution in [2.75, 3.05) is 6.61 Å². The van der Waals surface area contributed by atoms with Gasteiger partial charge in [0.15, 0.2) is 6.61 Å². The fourth-order valence-corrected chi connectivity index (χ4v) is 2.48. The van der Waals surface area contributed by atoms with Gasteiger partial charge in [-0.05, 0) is 30.9 Å². The van der Waals surface area contributed by atoms with Gasteiger partial charge in [-0.15, -0.1) is 0 Å². The topological polar surface area (TPSA) is 68.3 Å². The third-order valence-electron chi connectivity index (χ3n) is 3.71. The van der Waals surface area contributed by atoms with Crippen LogP contribution in [0.15, 0.2) is 24.5 Å². The van der Waals surface area contributed by atoms with E-state index in [2.05, 4.69) is 17.2 Å². The Balaban J connectivity index is 1.76. The smallest absolute Gasteiger partial charge is 0.338 e. The van der Waals surface area contributed by atoms with Crippen LogP contribution in [0.3, 0.4) is 0 Å². The van der Waals surface area contributed by atoms with Crippen LogP contribution in [0.5, 0.6) is 0 Å². The van der Waals surface area contributed by atoms with Crippen molar-refractivity contribution in [1.82, 2.24) is 10.3 Å². The van der Waals surface area contributed by atoms with E-state index in [0.717, 1.165) is 19.3 Å². The zero-order valence-corrected chi connectivity index (χ0v) is 11.7. The maximum atomic E-state index is 11.8. The van der Waals surface area contributed by atoms with Crippen molar-refractivity contribution in [2.45, 2.75) is 38.6 Å². The second kappa shape index (κ2) is 7.03. The second-order valence-corrected chi connectivity index (χ2v) is 5.25. The van der Waals surface area contributed by atoms with Gasteiger partial charge in [0, 0.05) is 18.4 Å². The SMILES string of the molecule is C[C@H]1CCCC[C@H]1NC(=O)COC(=O)c1ccncc1. The number of aromatic nitrogens is 1. The van der Waals surface area contributed by atoms with Crippen molar-refractivity contribution in [3.8, 4) is 0 Å². The molecule has 1 aliphatic carbocycles. The Labute approximate surface area is 118 Å². The molecular formula is C15H20N2O3. The predicted octanol–water partition coefficient (Wildman–Crippen LogP) is 1.93. The highest BCUT2D eigenvalue weighted by atomic mass is 16.5. The number of rotatable bonds is 4. The van der Waals surface area contributed by atoms with Gasteiger partial charge in [0.1, 0.15) is 0 Å². The summed E-state index contributed by atoms with van der Waals surface area (Å²) in [7, 11) is 0. The van der Waals surface area contributed by atoms with Gasteiger partial charge in [0.2, 0.25) is 0 Å². The summed E-state index contributed by atoms with van der Waals surface area (Å²) in [5.41, 5.74) is 0.402. The number of pyridine rings is 1. The summed E-state index contributed by atoms with van der Waals surface area (Å²) in [6.07, 6.45) is 7.55. The molecular weight excluding hydrogens is 256 g/mol. The summed E-state index contributed by atoms with van der Waals surface area (Å²) >= 11 is 0. The van der Waals surface area contributed by atoms with Crippen molar-refractivity contribution < 1.29 is 14.3 Å². The highest BCUT2D eigenvalue weighted by Crippen LogP contribution is 2.23. The predicted molar refractivity (Wildman–Crippen MR) is 74.1 cm³/mol. The quantitative estimate of drug-likeness (QED) is 0.853. The van der Waals surface area contributed by atoms with Crippen LogP contribution in [0.25, 0.3) is 0 Å². The zero-order chi connectivity index (χ0) is 14.4. The van der Waals surface area contributed by atoms with Crippen LogP contribution in [0, 0.1) is 5.92 Å². The Hall–Kier alpha value is -1.91. The van der Waals surface area contributed by atoms with Crippen LogP contribution < -0.4 is 5.32 Å². The van der Waals surface area contributed by atoms with Gasteiger partial charge in [0.05, 0.1) is 5.56 Å². The Morgan fingerprint density at radius 3 is 2.70 bits per heavy atom. The first kappa shape index (κ1) is 14.5. The Morgan fingerprint density at radius 2 is 2.00 bits per heavy atom. The van der Waals surface area contributed by atoms with E-state index in [4.69, 9.17) is 4.74 Å². The number of carbonyl (C=O) groups excluding carboxylic acids is 2. The van der Waals surface area contributed by atoms with Gasteiger partial charge in [-0.1, -0.05) is 19.8 Å². The number of amides is 1. The maximum Gasteiger partial charge on any atom is 0.338 e. The molecule has 2 atom stereocenters. The van der Waals surface area contributed by atoms with Crippen molar-refractivity contribution >= 4 is 11.9 Å². The summed E-state index contributed by atoms with van der Waals surface area (Å²) in [6, 6.07) is 3.32. The molecule has 0 saturated heterocycles. The fourth-order valence-electron chi connectivity index (χ4n) is 2.48. The molecule has 1 aromatic rings. The van der Waals surface area contributed by atoms with Crippen molar-refractivity contribution in [2.24, 2.45) is 5.92 Å². The minimum absolute atomic E-state index is 0.205. The number of ether oxygens (including phenoxy) is 1. The minimum Gasteiger partial charge on any atom is -0.452 e. The largest absolute Gasteiger partial charge is 0.452 e. The molecule has 5 nitrogen and oxygen atoms in total. The molecule has 1 N–H and O–H groups in total. The standard InChI is InChI=1S/C15H20N2O3/c1-11-4-2-3-5-13(11)17-14(18)10-20-15(19)12-6-8-16-9-7-12/h6-9,11,13H,2-5,10H2,1H3,(H,17,18)/t11-,13+/m0/s1. The van der Waals surface area contributed by atoms with E-state index in [9.17, 15) is 9.59 Å². The normalized spacial score (nSPS) is 22.1. The Kier molecular flexibility index (Phi) is 5.09. The van der Waals surface area contributed by atoms with Gasteiger partial charge < -0.3 is 10.1 Å². The molecule has 0 aliphatic heterocycles. The van der Waals surface area contributed by atoms with Crippen molar-refractivity contribution in [1.29, 1.82) is 0 Å². The maximum absolute atomic E-state index is 11.8. The van der Waals surface area contributed by atoms with Gasteiger partial charge in [-0.2, -0.15) is 0 Å². The fraction of sp³-hybridized carbons (Fsp3) is 0.533. The monoisotopic (exact) mass is 276 g/mol. The number of hydrogen-bond acceptors (Lipinski definition) is 4. The number of nitrogens with one attached hydrogen (secondary N) is 1. The molecule has 0 bridgehead atoms. The Bertz CT molecular complexity index is 461. The van der Waals surface area contributed by atoms with Crippen LogP contribution in [0.2, 0.25) is 0 Å². The van der Waals surface area contributed by atoms with E-state index >= 15 is 0 Å². The molecule has 20 heavy (non-hydrogen) atoms. The lowest BCUT2D eigenvalue weighted by Crippen LogP contribution is -2.42. The highest BCUT2D eigenvalue weighted by Gasteiger charge is 2.23. The summed E-state index contributed by atoms with van der Waals surface area (Å²) in [5, 5.41) is 2.95. The molecule has 2 rings (SSSR count). The lowest BCUT2D eigenvalue weighted by molar-refractivity contribution is -0.125. The molecule has 0 aromatic carbocycles. The number of hydrogen-bond donors (Lipinski definition) is 1. The molecule has 0 spiro atoms. The number of nitrogens with zero attached hydrogens (tertiary/aromatic N) is 1. The van der Waals surface area contributed by atoms with Gasteiger partial charge in [-0.25, -0.2) is 4.79 Å². The first-order chi connectivity index (χ1) is 9.66. The summed E-state index contributed by atoms with van der Waals surface area (Å²) < 4.78 is 4.99. The Morgan fingerprint density at radius 1 is 1.30 bits per heavy atom. The summed E-state index contributed by atoms with van der Waals surface area (Å²) in [5.74, 6) is -0.242. The summed E-state index contributed by atoms with van der Waals surface area (Å²) in [6.45, 7) is 1.91. The third-order valence-corrected chi connectivity index (χ3v) is 3.71. The van der Waals surface area contributed by atoms with E-state index < -0.39 is 5.97 Å². The minimum atomic E-state index is -0.501. The molecule has 1 amide bonds. The van der Waals surface area contributed by atoms with Crippen LogP contribution >= 0.6 is 0 Å². The van der Waals surface area contributed by atoms with E-state index in [1.165, 1.54) is 18.8 Å². The highest BCUT2D eigenvalue weighted by molar-refractivity contribution is 5.91. The lowest BCUT2D eigenvalue weighted by atomic mass is 9.86. The van der Waals surface area contributed by atoms with Crippen LogP contribution in [-0.4, -0.2) is 29.5 Å². The van der Waals surface area contributed by atoms with Gasteiger partial charge in [0.25, 0.3) is 5.91 Å². The van der Waals surface area contributed by atoms with E-state index in [-0.39, 0.29) is 18.6 Å². The second-order valence-electron chi connectivity index (χ2n) is 5.25. The van der Waals surface area contributed by atoms with E-state index in [1.807, 2.05) is 0 Å². The number of esters is 1. The average molecular weight is 276 g/mol. The van der Waals surface area contributed by atoms with Gasteiger partial charge in [-0.3, -0.25) is 9.78 Å². The molecule has 108 valence electrons. The molecule has 1 saturated carbocycles.